The normalized spacial score (nSPS) is 17.7. The van der Waals surface area contributed by atoms with Crippen LogP contribution in [0.5, 0.6) is 5.75 Å². The van der Waals surface area contributed by atoms with Crippen molar-refractivity contribution in [3.63, 3.8) is 0 Å². The average Bonchev–Trinajstić information content (AvgIpc) is 3.06. The van der Waals surface area contributed by atoms with Crippen LogP contribution in [0, 0.1) is 12.3 Å². The molecule has 0 spiro atoms. The molecule has 0 saturated carbocycles. The van der Waals surface area contributed by atoms with Crippen molar-refractivity contribution in [3.05, 3.63) is 39.8 Å². The van der Waals surface area contributed by atoms with E-state index in [1.165, 1.54) is 22.3 Å². The third-order valence-corrected chi connectivity index (χ3v) is 9.01. The number of hydrogen-bond acceptors (Lipinski definition) is 5. The summed E-state index contributed by atoms with van der Waals surface area (Å²) in [6.45, 7) is 14.7. The number of ketones is 1. The minimum Gasteiger partial charge on any atom is -0.478 e. The van der Waals surface area contributed by atoms with Crippen LogP contribution in [0.3, 0.4) is 0 Å². The Hall–Kier alpha value is -1.27. The van der Waals surface area contributed by atoms with Gasteiger partial charge >= 0.3 is 0 Å². The van der Waals surface area contributed by atoms with Crippen molar-refractivity contribution < 1.29 is 17.9 Å². The molecule has 0 N–H and O–H groups in total. The molecule has 1 aromatic rings. The van der Waals surface area contributed by atoms with Gasteiger partial charge in [-0.15, -0.1) is 11.8 Å². The molecule has 6 heteroatoms. The van der Waals surface area contributed by atoms with Crippen molar-refractivity contribution >= 4 is 27.4 Å². The summed E-state index contributed by atoms with van der Waals surface area (Å²) >= 11 is 1.96. The van der Waals surface area contributed by atoms with Crippen molar-refractivity contribution in [2.24, 2.45) is 5.41 Å². The van der Waals surface area contributed by atoms with Crippen molar-refractivity contribution in [3.8, 4) is 5.75 Å². The molecule has 0 radical (unpaired) electrons. The van der Waals surface area contributed by atoms with Crippen molar-refractivity contribution in [1.29, 1.82) is 0 Å². The van der Waals surface area contributed by atoms with Crippen molar-refractivity contribution in [1.82, 2.24) is 0 Å². The highest BCUT2D eigenvalue weighted by molar-refractivity contribution is 8.04. The first-order valence-electron chi connectivity index (χ1n) is 11.5. The first-order valence-corrected chi connectivity index (χ1v) is 14.5. The van der Waals surface area contributed by atoms with E-state index < -0.39 is 9.84 Å². The number of sulfone groups is 1. The van der Waals surface area contributed by atoms with E-state index in [1.807, 2.05) is 45.5 Å². The zero-order valence-electron chi connectivity index (χ0n) is 21.0. The summed E-state index contributed by atoms with van der Waals surface area (Å²) < 4.78 is 28.5. The molecule has 0 saturated heterocycles. The van der Waals surface area contributed by atoms with E-state index in [2.05, 4.69) is 32.9 Å². The van der Waals surface area contributed by atoms with Gasteiger partial charge in [0.2, 0.25) is 0 Å². The molecule has 0 amide bonds. The van der Waals surface area contributed by atoms with E-state index in [-0.39, 0.29) is 16.8 Å². The number of benzene rings is 1. The van der Waals surface area contributed by atoms with E-state index in [1.54, 1.807) is 0 Å². The fourth-order valence-corrected chi connectivity index (χ4v) is 6.70. The average molecular weight is 481 g/mol. The molecule has 0 aromatic heterocycles. The van der Waals surface area contributed by atoms with Gasteiger partial charge in [-0.3, -0.25) is 4.79 Å². The quantitative estimate of drug-likeness (QED) is 0.377. The third-order valence-electron chi connectivity index (χ3n) is 6.72. The summed E-state index contributed by atoms with van der Waals surface area (Å²) in [7, 11) is -3.19. The van der Waals surface area contributed by atoms with E-state index >= 15 is 0 Å². The van der Waals surface area contributed by atoms with Gasteiger partial charge in [0.1, 0.15) is 11.5 Å². The lowest BCUT2D eigenvalue weighted by molar-refractivity contribution is -0.126. The van der Waals surface area contributed by atoms with Gasteiger partial charge in [0.15, 0.2) is 15.8 Å². The number of hydrogen-bond donors (Lipinski definition) is 0. The van der Waals surface area contributed by atoms with Crippen LogP contribution in [0.4, 0.5) is 0 Å². The first kappa shape index (κ1) is 27.0. The second-order valence-electron chi connectivity index (χ2n) is 10.2. The molecule has 0 bridgehead atoms. The van der Waals surface area contributed by atoms with E-state index in [0.717, 1.165) is 31.2 Å². The molecule has 180 valence electrons. The number of aryl methyl sites for hydroxylation is 1. The lowest BCUT2D eigenvalue weighted by Gasteiger charge is -2.38. The Kier molecular flexibility index (Phi) is 8.71. The van der Waals surface area contributed by atoms with Crippen LogP contribution in [-0.2, 0) is 20.0 Å². The maximum absolute atomic E-state index is 12.4. The van der Waals surface area contributed by atoms with E-state index in [9.17, 15) is 13.2 Å². The zero-order valence-corrected chi connectivity index (χ0v) is 22.6. The zero-order chi connectivity index (χ0) is 24.3. The Morgan fingerprint density at radius 2 is 1.78 bits per heavy atom. The molecule has 0 fully saturated rings. The Bertz CT molecular complexity index is 964. The lowest BCUT2D eigenvalue weighted by atomic mass is 9.71. The summed E-state index contributed by atoms with van der Waals surface area (Å²) in [6, 6.07) is 6.19. The smallest absolute Gasteiger partial charge is 0.188 e. The standard InChI is InChI=1S/C26H40O4S2/c1-9-26(10-2,20-11-12-21(18(3)15-20)30-17-32(8,28)29)24-16-19(4)22(31-24)13-14-23(27)25(5,6)7/h11-12,15,24H,9-10,13-14,16-17H2,1-8H3. The fraction of sp³-hybridized carbons (Fsp3) is 0.654. The molecule has 32 heavy (non-hydrogen) atoms. The molecule has 1 heterocycles. The van der Waals surface area contributed by atoms with Gasteiger partial charge in [0.05, 0.1) is 0 Å². The van der Waals surface area contributed by atoms with Gasteiger partial charge in [-0.2, -0.15) is 0 Å². The number of rotatable bonds is 10. The molecule has 1 aliphatic rings. The number of Topliss-reactive ketones (excluding diaryl/α,β-unsaturated/α-hetero) is 1. The number of allylic oxidation sites excluding steroid dienone is 2. The van der Waals surface area contributed by atoms with Gasteiger partial charge in [-0.25, -0.2) is 8.42 Å². The minimum atomic E-state index is -3.19. The maximum Gasteiger partial charge on any atom is 0.188 e. The molecular weight excluding hydrogens is 440 g/mol. The van der Waals surface area contributed by atoms with Crippen LogP contribution < -0.4 is 4.74 Å². The van der Waals surface area contributed by atoms with Crippen LogP contribution in [0.1, 0.15) is 84.8 Å². The van der Waals surface area contributed by atoms with Gasteiger partial charge in [0, 0.05) is 28.8 Å². The summed E-state index contributed by atoms with van der Waals surface area (Å²) in [4.78, 5) is 13.8. The molecule has 1 atom stereocenters. The van der Waals surface area contributed by atoms with Crippen LogP contribution >= 0.6 is 11.8 Å². The fourth-order valence-electron chi connectivity index (χ4n) is 4.48. The highest BCUT2D eigenvalue weighted by Gasteiger charge is 2.41. The second-order valence-corrected chi connectivity index (χ2v) is 13.6. The van der Waals surface area contributed by atoms with Crippen LogP contribution in [-0.4, -0.2) is 31.6 Å². The molecule has 2 rings (SSSR count). The molecule has 0 aliphatic carbocycles. The highest BCUT2D eigenvalue weighted by Crippen LogP contribution is 2.52. The molecule has 1 unspecified atom stereocenters. The predicted octanol–water partition coefficient (Wildman–Crippen LogP) is 6.61. The number of carbonyl (C=O) groups excluding carboxylic acids is 1. The third kappa shape index (κ3) is 6.40. The molecular formula is C26H40O4S2. The predicted molar refractivity (Wildman–Crippen MR) is 136 cm³/mol. The van der Waals surface area contributed by atoms with E-state index in [0.29, 0.717) is 23.2 Å². The summed E-state index contributed by atoms with van der Waals surface area (Å²) in [5.41, 5.74) is 3.39. The Labute approximate surface area is 199 Å². The number of carbonyl (C=O) groups is 1. The largest absolute Gasteiger partial charge is 0.478 e. The number of ether oxygens (including phenoxy) is 1. The van der Waals surface area contributed by atoms with Gasteiger partial charge < -0.3 is 4.74 Å². The van der Waals surface area contributed by atoms with Crippen LogP contribution in [0.15, 0.2) is 28.7 Å². The molecule has 1 aliphatic heterocycles. The van der Waals surface area contributed by atoms with Crippen molar-refractivity contribution in [2.75, 3.05) is 12.2 Å². The summed E-state index contributed by atoms with van der Waals surface area (Å²) in [5.74, 6) is 0.632. The summed E-state index contributed by atoms with van der Waals surface area (Å²) in [5, 5.41) is 0.430. The Morgan fingerprint density at radius 1 is 1.16 bits per heavy atom. The van der Waals surface area contributed by atoms with Crippen LogP contribution in [0.25, 0.3) is 0 Å². The molecule has 1 aromatic carbocycles. The summed E-state index contributed by atoms with van der Waals surface area (Å²) in [6.07, 6.45) is 5.69. The first-order chi connectivity index (χ1) is 14.7. The molecule has 4 nitrogen and oxygen atoms in total. The van der Waals surface area contributed by atoms with Gasteiger partial charge in [-0.05, 0) is 61.6 Å². The van der Waals surface area contributed by atoms with Crippen molar-refractivity contribution in [2.45, 2.75) is 91.2 Å². The number of thioether (sulfide) groups is 1. The van der Waals surface area contributed by atoms with Gasteiger partial charge in [0.25, 0.3) is 0 Å². The lowest BCUT2D eigenvalue weighted by Crippen LogP contribution is -2.35. The minimum absolute atomic E-state index is 0.0157. The SMILES string of the molecule is CCC(CC)(c1ccc(OCS(C)(=O)=O)c(C)c1)C1CC(C)=C(CCC(=O)C(C)(C)C)S1. The highest BCUT2D eigenvalue weighted by atomic mass is 32.2. The Balaban J connectivity index is 2.22. The van der Waals surface area contributed by atoms with E-state index in [4.69, 9.17) is 4.74 Å². The maximum atomic E-state index is 12.4. The topological polar surface area (TPSA) is 60.4 Å². The monoisotopic (exact) mass is 480 g/mol. The van der Waals surface area contributed by atoms with Gasteiger partial charge in [-0.1, -0.05) is 52.3 Å². The van der Waals surface area contributed by atoms with Crippen LogP contribution in [0.2, 0.25) is 0 Å². The second kappa shape index (κ2) is 10.3. The Morgan fingerprint density at radius 3 is 2.28 bits per heavy atom.